The summed E-state index contributed by atoms with van der Waals surface area (Å²) in [5.41, 5.74) is 2.54. The van der Waals surface area contributed by atoms with E-state index in [-0.39, 0.29) is 5.91 Å². The number of fused-ring (bicyclic) bond motifs is 1. The molecular weight excluding hydrogens is 252 g/mol. The lowest BCUT2D eigenvalue weighted by atomic mass is 9.81. The third-order valence-electron chi connectivity index (χ3n) is 4.13. The Bertz CT molecular complexity index is 715. The summed E-state index contributed by atoms with van der Waals surface area (Å²) in [6.45, 7) is 0. The number of rotatable bonds is 2. The van der Waals surface area contributed by atoms with Crippen LogP contribution in [-0.4, -0.2) is 21.8 Å². The first-order valence-electron chi connectivity index (χ1n) is 6.94. The molecule has 0 bridgehead atoms. The zero-order valence-corrected chi connectivity index (χ0v) is 11.0. The van der Waals surface area contributed by atoms with E-state index in [1.807, 2.05) is 24.3 Å². The summed E-state index contributed by atoms with van der Waals surface area (Å²) >= 11 is 0. The molecule has 1 fully saturated rings. The van der Waals surface area contributed by atoms with Crippen LogP contribution in [0, 0.1) is 5.92 Å². The number of carbonyl (C=O) groups excluding carboxylic acids is 1. The van der Waals surface area contributed by atoms with Crippen molar-refractivity contribution in [3.05, 3.63) is 30.5 Å². The van der Waals surface area contributed by atoms with E-state index in [1.165, 1.54) is 11.4 Å². The van der Waals surface area contributed by atoms with Crippen molar-refractivity contribution in [3.8, 4) is 0 Å². The summed E-state index contributed by atoms with van der Waals surface area (Å²) in [4.78, 5) is 12.2. The Morgan fingerprint density at radius 2 is 2.05 bits per heavy atom. The van der Waals surface area contributed by atoms with Crippen molar-refractivity contribution < 1.29 is 4.79 Å². The van der Waals surface area contributed by atoms with Gasteiger partial charge in [-0.05, 0) is 24.8 Å². The predicted molar refractivity (Wildman–Crippen MR) is 76.4 cm³/mol. The van der Waals surface area contributed by atoms with Gasteiger partial charge in [0, 0.05) is 5.39 Å². The number of anilines is 1. The number of aromatic nitrogens is 2. The van der Waals surface area contributed by atoms with E-state index < -0.39 is 0 Å². The molecule has 0 saturated heterocycles. The Labute approximate surface area is 116 Å². The Morgan fingerprint density at radius 1 is 1.20 bits per heavy atom. The van der Waals surface area contributed by atoms with Gasteiger partial charge in [-0.25, -0.2) is 0 Å². The summed E-state index contributed by atoms with van der Waals surface area (Å²) < 4.78 is 0. The Balaban J connectivity index is 1.78. The topological polar surface area (TPSA) is 58.5 Å². The Hall–Kier alpha value is -2.30. The lowest BCUT2D eigenvalue weighted by molar-refractivity contribution is -0.116. The Kier molecular flexibility index (Phi) is 2.52. The van der Waals surface area contributed by atoms with Gasteiger partial charge in [-0.2, -0.15) is 20.3 Å². The molecule has 0 N–H and O–H groups in total. The zero-order chi connectivity index (χ0) is 13.5. The van der Waals surface area contributed by atoms with Crippen molar-refractivity contribution in [2.45, 2.75) is 25.7 Å². The Morgan fingerprint density at radius 3 is 2.85 bits per heavy atom. The fraction of sp³-hybridized carbons (Fsp3) is 0.333. The predicted octanol–water partition coefficient (Wildman–Crippen LogP) is 2.52. The minimum absolute atomic E-state index is 0.0325. The maximum Gasteiger partial charge on any atom is 0.253 e. The summed E-state index contributed by atoms with van der Waals surface area (Å²) in [7, 11) is 0. The second-order valence-corrected chi connectivity index (χ2v) is 5.35. The maximum absolute atomic E-state index is 12.2. The normalized spacial score (nSPS) is 19.3. The smallest absolute Gasteiger partial charge is 0.253 e. The van der Waals surface area contributed by atoms with Gasteiger partial charge >= 0.3 is 0 Å². The van der Waals surface area contributed by atoms with Crippen molar-refractivity contribution in [1.29, 1.82) is 0 Å². The minimum Gasteiger partial charge on any atom is -0.272 e. The van der Waals surface area contributed by atoms with E-state index in [1.54, 1.807) is 6.20 Å². The van der Waals surface area contributed by atoms with E-state index >= 15 is 0 Å². The highest BCUT2D eigenvalue weighted by atomic mass is 16.2. The van der Waals surface area contributed by atoms with Gasteiger partial charge in [0.05, 0.1) is 29.5 Å². The lowest BCUT2D eigenvalue weighted by Crippen LogP contribution is -2.21. The van der Waals surface area contributed by atoms with E-state index in [9.17, 15) is 4.79 Å². The molecular formula is C15H14N4O. The third-order valence-corrected chi connectivity index (χ3v) is 4.13. The van der Waals surface area contributed by atoms with Gasteiger partial charge in [0.1, 0.15) is 0 Å². The second kappa shape index (κ2) is 4.37. The molecule has 1 aromatic heterocycles. The van der Waals surface area contributed by atoms with Crippen molar-refractivity contribution in [3.63, 3.8) is 0 Å². The fourth-order valence-electron chi connectivity index (χ4n) is 2.77. The van der Waals surface area contributed by atoms with Gasteiger partial charge in [-0.15, -0.1) is 0 Å². The minimum atomic E-state index is 0.0325. The highest BCUT2D eigenvalue weighted by Gasteiger charge is 2.33. The first kappa shape index (κ1) is 11.5. The van der Waals surface area contributed by atoms with Crippen LogP contribution in [0.15, 0.2) is 35.6 Å². The van der Waals surface area contributed by atoms with Crippen LogP contribution < -0.4 is 5.01 Å². The molecule has 2 heterocycles. The van der Waals surface area contributed by atoms with Crippen LogP contribution in [0.5, 0.6) is 0 Å². The van der Waals surface area contributed by atoms with Crippen molar-refractivity contribution in [2.75, 3.05) is 5.01 Å². The number of hydrogen-bond acceptors (Lipinski definition) is 4. The van der Waals surface area contributed by atoms with Crippen molar-refractivity contribution in [2.24, 2.45) is 11.0 Å². The van der Waals surface area contributed by atoms with Crippen LogP contribution in [0.25, 0.3) is 10.9 Å². The van der Waals surface area contributed by atoms with Gasteiger partial charge < -0.3 is 0 Å². The molecule has 1 aromatic carbocycles. The van der Waals surface area contributed by atoms with Gasteiger partial charge in [-0.3, -0.25) is 4.79 Å². The molecule has 2 aromatic rings. The number of hydrazone groups is 1. The second-order valence-electron chi connectivity index (χ2n) is 5.35. The molecule has 0 spiro atoms. The first-order chi connectivity index (χ1) is 9.83. The van der Waals surface area contributed by atoms with Crippen LogP contribution in [0.2, 0.25) is 0 Å². The average molecular weight is 266 g/mol. The number of hydrogen-bond donors (Lipinski definition) is 0. The summed E-state index contributed by atoms with van der Waals surface area (Å²) in [5.74, 6) is 0.537. The number of benzene rings is 1. The maximum atomic E-state index is 12.2. The van der Waals surface area contributed by atoms with E-state index in [2.05, 4.69) is 15.3 Å². The molecule has 0 radical (unpaired) electrons. The fourth-order valence-corrected chi connectivity index (χ4v) is 2.77. The van der Waals surface area contributed by atoms with E-state index in [0.717, 1.165) is 35.1 Å². The van der Waals surface area contributed by atoms with Gasteiger partial charge in [-0.1, -0.05) is 24.6 Å². The molecule has 1 amide bonds. The molecule has 0 atom stereocenters. The van der Waals surface area contributed by atoms with Crippen LogP contribution in [-0.2, 0) is 4.79 Å². The standard InChI is InChI=1S/C15H14N4O/c20-15-8-13(10-4-3-5-10)18-19(15)14-9-16-17-12-7-2-1-6-11(12)14/h1-2,6-7,9-10H,3-5,8H2. The third kappa shape index (κ3) is 1.70. The van der Waals surface area contributed by atoms with Crippen molar-refractivity contribution in [1.82, 2.24) is 10.2 Å². The molecule has 2 aliphatic rings. The van der Waals surface area contributed by atoms with E-state index in [4.69, 9.17) is 0 Å². The lowest BCUT2D eigenvalue weighted by Gasteiger charge is -2.24. The van der Waals surface area contributed by atoms with Gasteiger partial charge in [0.2, 0.25) is 0 Å². The average Bonchev–Trinajstić information content (AvgIpc) is 2.77. The largest absolute Gasteiger partial charge is 0.272 e. The number of amides is 1. The summed E-state index contributed by atoms with van der Waals surface area (Å²) in [5, 5.41) is 15.0. The molecule has 4 rings (SSSR count). The molecule has 100 valence electrons. The molecule has 0 unspecified atom stereocenters. The highest BCUT2D eigenvalue weighted by molar-refractivity contribution is 6.16. The van der Waals surface area contributed by atoms with Crippen LogP contribution in [0.1, 0.15) is 25.7 Å². The van der Waals surface area contributed by atoms with Gasteiger partial charge in [0.15, 0.2) is 0 Å². The number of nitrogens with zero attached hydrogens (tertiary/aromatic N) is 4. The number of carbonyl (C=O) groups is 1. The molecule has 5 heteroatoms. The van der Waals surface area contributed by atoms with Crippen LogP contribution >= 0.6 is 0 Å². The molecule has 1 saturated carbocycles. The molecule has 1 aliphatic heterocycles. The van der Waals surface area contributed by atoms with Gasteiger partial charge in [0.25, 0.3) is 5.91 Å². The first-order valence-corrected chi connectivity index (χ1v) is 6.94. The quantitative estimate of drug-likeness (QED) is 0.839. The van der Waals surface area contributed by atoms with Crippen LogP contribution in [0.3, 0.4) is 0 Å². The zero-order valence-electron chi connectivity index (χ0n) is 11.0. The summed E-state index contributed by atoms with van der Waals surface area (Å²) in [6, 6.07) is 7.69. The van der Waals surface area contributed by atoms with Crippen molar-refractivity contribution >= 4 is 28.2 Å². The molecule has 1 aliphatic carbocycles. The SMILES string of the molecule is O=C1CC(C2CCC2)=NN1c1cnnc2ccccc12. The summed E-state index contributed by atoms with van der Waals surface area (Å²) in [6.07, 6.45) is 5.64. The highest BCUT2D eigenvalue weighted by Crippen LogP contribution is 2.34. The molecule has 20 heavy (non-hydrogen) atoms. The van der Waals surface area contributed by atoms with Crippen LogP contribution in [0.4, 0.5) is 5.69 Å². The molecule has 5 nitrogen and oxygen atoms in total. The van der Waals surface area contributed by atoms with E-state index in [0.29, 0.717) is 12.3 Å². The monoisotopic (exact) mass is 266 g/mol.